The van der Waals surface area contributed by atoms with Crippen LogP contribution in [0.15, 0.2) is 48.5 Å². The second-order valence-corrected chi connectivity index (χ2v) is 14.5. The van der Waals surface area contributed by atoms with Crippen LogP contribution in [0.25, 0.3) is 33.4 Å². The summed E-state index contributed by atoms with van der Waals surface area (Å²) >= 11 is 0. The van der Waals surface area contributed by atoms with Crippen molar-refractivity contribution in [3.05, 3.63) is 81.9 Å². The summed E-state index contributed by atoms with van der Waals surface area (Å²) in [6.45, 7) is 16.9. The third-order valence-corrected chi connectivity index (χ3v) is 9.96. The maximum Gasteiger partial charge on any atom is 0.135 e. The first kappa shape index (κ1) is 32.0. The van der Waals surface area contributed by atoms with Crippen molar-refractivity contribution in [3.8, 4) is 56.4 Å². The zero-order valence-electron chi connectivity index (χ0n) is 29.0. The largest absolute Gasteiger partial charge is 0.506 e. The van der Waals surface area contributed by atoms with Crippen LogP contribution >= 0.6 is 0 Å². The lowest BCUT2D eigenvalue weighted by atomic mass is 9.79. The minimum absolute atomic E-state index is 0.180. The molecule has 6 rings (SSSR count). The summed E-state index contributed by atoms with van der Waals surface area (Å²) in [6.07, 6.45) is 7.88. The van der Waals surface area contributed by atoms with Gasteiger partial charge in [0.1, 0.15) is 34.2 Å². The maximum atomic E-state index is 12.6. The van der Waals surface area contributed by atoms with Gasteiger partial charge < -0.3 is 19.7 Å². The summed E-state index contributed by atoms with van der Waals surface area (Å²) in [6, 6.07) is 17.0. The average Bonchev–Trinajstić information content (AvgIpc) is 2.97. The Morgan fingerprint density at radius 1 is 0.543 bits per heavy atom. The van der Waals surface area contributed by atoms with E-state index < -0.39 is 11.2 Å². The van der Waals surface area contributed by atoms with Crippen molar-refractivity contribution >= 4 is 0 Å². The number of hydrogen-bond acceptors (Lipinski definition) is 4. The molecular weight excluding hydrogens is 568 g/mol. The van der Waals surface area contributed by atoms with Gasteiger partial charge in [0.05, 0.1) is 11.1 Å². The number of aryl methyl sites for hydroxylation is 4. The van der Waals surface area contributed by atoms with Gasteiger partial charge in [0.25, 0.3) is 0 Å². The molecule has 0 saturated carbocycles. The lowest BCUT2D eigenvalue weighted by Gasteiger charge is -2.37. The molecule has 0 fully saturated rings. The fourth-order valence-corrected chi connectivity index (χ4v) is 7.60. The number of unbranched alkanes of at least 4 members (excludes halogenated alkanes) is 4. The maximum absolute atomic E-state index is 12.6. The first-order valence-electron chi connectivity index (χ1n) is 17.3. The van der Waals surface area contributed by atoms with Crippen LogP contribution in [0, 0.1) is 13.8 Å². The van der Waals surface area contributed by atoms with E-state index in [2.05, 4.69) is 104 Å². The smallest absolute Gasteiger partial charge is 0.135 e. The number of hydrogen-bond donors (Lipinski definition) is 2. The standard InChI is InChI=1S/C42H50O4/c1-9-11-13-15-27-23-33-37(29-21-25(3)17-19-31(29)41(5,6)45-33)39(43)35(27)36-28(16-14-12-10-2)24-34-38(40(36)44)30-22-26(4)18-20-32(30)42(7,8)46-34/h17-24,43-44H,9-16H2,1-8H3. The highest BCUT2D eigenvalue weighted by Gasteiger charge is 2.39. The summed E-state index contributed by atoms with van der Waals surface area (Å²) < 4.78 is 13.3. The number of rotatable bonds is 9. The molecule has 46 heavy (non-hydrogen) atoms. The Kier molecular flexibility index (Phi) is 8.38. The number of phenolic OH excluding ortho intramolecular Hbond substituents is 2. The van der Waals surface area contributed by atoms with E-state index in [-0.39, 0.29) is 11.5 Å². The van der Waals surface area contributed by atoms with E-state index in [1.165, 1.54) is 0 Å². The molecule has 0 spiro atoms. The van der Waals surface area contributed by atoms with Crippen LogP contribution in [0.5, 0.6) is 23.0 Å². The van der Waals surface area contributed by atoms with Crippen molar-refractivity contribution in [2.45, 2.75) is 118 Å². The molecule has 0 aliphatic carbocycles. The quantitative estimate of drug-likeness (QED) is 0.183. The van der Waals surface area contributed by atoms with E-state index in [1.807, 2.05) is 0 Å². The van der Waals surface area contributed by atoms with Gasteiger partial charge in [-0.05, 0) is 102 Å². The third-order valence-electron chi connectivity index (χ3n) is 9.96. The van der Waals surface area contributed by atoms with Gasteiger partial charge in [-0.15, -0.1) is 0 Å². The summed E-state index contributed by atoms with van der Waals surface area (Å²) in [5, 5.41) is 25.1. The molecule has 0 amide bonds. The van der Waals surface area contributed by atoms with Gasteiger partial charge in [0, 0.05) is 22.3 Å². The molecule has 2 heterocycles. The first-order chi connectivity index (χ1) is 21.9. The minimum atomic E-state index is -0.546. The fraction of sp³-hybridized carbons (Fsp3) is 0.429. The predicted octanol–water partition coefficient (Wildman–Crippen LogP) is 11.4. The van der Waals surface area contributed by atoms with Crippen LogP contribution in [0.4, 0.5) is 0 Å². The van der Waals surface area contributed by atoms with Crippen LogP contribution in [0.2, 0.25) is 0 Å². The molecule has 0 saturated heterocycles. The zero-order valence-corrected chi connectivity index (χ0v) is 29.0. The molecule has 4 aromatic rings. The SMILES string of the molecule is CCCCCc1cc2c(c(O)c1-c1c(CCCCC)cc3c(c1O)-c1cc(C)ccc1C(C)(C)O3)-c1cc(C)ccc1C(C)(C)O2. The Morgan fingerprint density at radius 2 is 0.935 bits per heavy atom. The van der Waals surface area contributed by atoms with E-state index in [1.54, 1.807) is 0 Å². The van der Waals surface area contributed by atoms with Crippen molar-refractivity contribution in [2.24, 2.45) is 0 Å². The van der Waals surface area contributed by atoms with Gasteiger partial charge in [-0.1, -0.05) is 87.1 Å². The van der Waals surface area contributed by atoms with E-state index in [0.29, 0.717) is 22.6 Å². The number of ether oxygens (including phenoxy) is 2. The van der Waals surface area contributed by atoms with E-state index in [9.17, 15) is 10.2 Å². The van der Waals surface area contributed by atoms with E-state index in [0.717, 1.165) is 107 Å². The molecule has 2 N–H and O–H groups in total. The van der Waals surface area contributed by atoms with Gasteiger partial charge >= 0.3 is 0 Å². The molecule has 0 aromatic heterocycles. The number of phenols is 2. The van der Waals surface area contributed by atoms with E-state index >= 15 is 0 Å². The topological polar surface area (TPSA) is 58.9 Å². The first-order valence-corrected chi connectivity index (χ1v) is 17.3. The molecule has 2 aliphatic rings. The highest BCUT2D eigenvalue weighted by atomic mass is 16.5. The molecule has 0 radical (unpaired) electrons. The Morgan fingerprint density at radius 3 is 1.30 bits per heavy atom. The molecule has 242 valence electrons. The molecular formula is C42H50O4. The minimum Gasteiger partial charge on any atom is -0.506 e. The van der Waals surface area contributed by atoms with Crippen molar-refractivity contribution < 1.29 is 19.7 Å². The monoisotopic (exact) mass is 618 g/mol. The number of fused-ring (bicyclic) bond motifs is 6. The molecule has 0 unspecified atom stereocenters. The summed E-state index contributed by atoms with van der Waals surface area (Å²) in [7, 11) is 0. The van der Waals surface area contributed by atoms with Crippen LogP contribution in [0.3, 0.4) is 0 Å². The predicted molar refractivity (Wildman–Crippen MR) is 189 cm³/mol. The second kappa shape index (κ2) is 12.0. The van der Waals surface area contributed by atoms with Crippen molar-refractivity contribution in [2.75, 3.05) is 0 Å². The molecule has 4 heteroatoms. The highest BCUT2D eigenvalue weighted by Crippen LogP contribution is 2.58. The van der Waals surface area contributed by atoms with Gasteiger partial charge in [-0.3, -0.25) is 0 Å². The van der Waals surface area contributed by atoms with Gasteiger partial charge in [-0.25, -0.2) is 0 Å². The number of benzene rings is 4. The number of aromatic hydroxyl groups is 2. The fourth-order valence-electron chi connectivity index (χ4n) is 7.60. The van der Waals surface area contributed by atoms with Gasteiger partial charge in [0.2, 0.25) is 0 Å². The Bertz CT molecular complexity index is 1680. The zero-order chi connectivity index (χ0) is 33.0. The van der Waals surface area contributed by atoms with Gasteiger partial charge in [0.15, 0.2) is 0 Å². The third kappa shape index (κ3) is 5.44. The Hall–Kier alpha value is -3.92. The normalized spacial score (nSPS) is 15.2. The lowest BCUT2D eigenvalue weighted by Crippen LogP contribution is -2.29. The molecule has 0 atom stereocenters. The van der Waals surface area contributed by atoms with Gasteiger partial charge in [-0.2, -0.15) is 0 Å². The Balaban J connectivity index is 1.69. The van der Waals surface area contributed by atoms with Crippen molar-refractivity contribution in [1.82, 2.24) is 0 Å². The van der Waals surface area contributed by atoms with Crippen LogP contribution < -0.4 is 9.47 Å². The second-order valence-electron chi connectivity index (χ2n) is 14.5. The van der Waals surface area contributed by atoms with Crippen LogP contribution in [-0.2, 0) is 24.0 Å². The van der Waals surface area contributed by atoms with E-state index in [4.69, 9.17) is 9.47 Å². The molecule has 4 aromatic carbocycles. The van der Waals surface area contributed by atoms with Crippen LogP contribution in [-0.4, -0.2) is 10.2 Å². The Labute approximate surface area is 275 Å². The summed E-state index contributed by atoms with van der Waals surface area (Å²) in [4.78, 5) is 0. The average molecular weight is 619 g/mol. The summed E-state index contributed by atoms with van der Waals surface area (Å²) in [5.74, 6) is 1.76. The highest BCUT2D eigenvalue weighted by molar-refractivity contribution is 5.97. The molecule has 0 bridgehead atoms. The van der Waals surface area contributed by atoms with Crippen LogP contribution in [0.1, 0.15) is 113 Å². The van der Waals surface area contributed by atoms with Crippen molar-refractivity contribution in [1.29, 1.82) is 0 Å². The lowest BCUT2D eigenvalue weighted by molar-refractivity contribution is 0.105. The molecule has 4 nitrogen and oxygen atoms in total. The van der Waals surface area contributed by atoms with Crippen molar-refractivity contribution in [3.63, 3.8) is 0 Å². The molecule has 2 aliphatic heterocycles. The summed E-state index contributed by atoms with van der Waals surface area (Å²) in [5.41, 5.74) is 10.1.